The SMILES string of the molecule is COCCCNC(=O)CN(C)C(=O)C1CCC(N)C1.Cl. The molecule has 7 heteroatoms. The Hall–Kier alpha value is -0.850. The average Bonchev–Trinajstić information content (AvgIpc) is 2.80. The monoisotopic (exact) mass is 307 g/mol. The van der Waals surface area contributed by atoms with Crippen molar-refractivity contribution < 1.29 is 14.3 Å². The lowest BCUT2D eigenvalue weighted by molar-refractivity contribution is -0.137. The first-order valence-corrected chi connectivity index (χ1v) is 6.80. The van der Waals surface area contributed by atoms with Crippen molar-refractivity contribution in [1.82, 2.24) is 10.2 Å². The van der Waals surface area contributed by atoms with Crippen LogP contribution in [0, 0.1) is 5.92 Å². The van der Waals surface area contributed by atoms with Crippen molar-refractivity contribution in [2.45, 2.75) is 31.7 Å². The van der Waals surface area contributed by atoms with Crippen LogP contribution in [-0.2, 0) is 14.3 Å². The molecule has 2 atom stereocenters. The fourth-order valence-corrected chi connectivity index (χ4v) is 2.35. The van der Waals surface area contributed by atoms with E-state index in [0.29, 0.717) is 13.2 Å². The predicted molar refractivity (Wildman–Crippen MR) is 79.7 cm³/mol. The van der Waals surface area contributed by atoms with E-state index in [2.05, 4.69) is 5.32 Å². The van der Waals surface area contributed by atoms with Crippen molar-refractivity contribution in [3.63, 3.8) is 0 Å². The van der Waals surface area contributed by atoms with Crippen LogP contribution in [-0.4, -0.2) is 56.6 Å². The van der Waals surface area contributed by atoms with Gasteiger partial charge in [-0.25, -0.2) is 0 Å². The van der Waals surface area contributed by atoms with Crippen LogP contribution in [0.25, 0.3) is 0 Å². The van der Waals surface area contributed by atoms with Crippen LogP contribution in [0.5, 0.6) is 0 Å². The molecule has 1 rings (SSSR count). The molecule has 1 fully saturated rings. The smallest absolute Gasteiger partial charge is 0.239 e. The Morgan fingerprint density at radius 3 is 2.65 bits per heavy atom. The molecule has 0 spiro atoms. The molecule has 0 aromatic carbocycles. The molecule has 0 aromatic heterocycles. The highest BCUT2D eigenvalue weighted by Gasteiger charge is 2.30. The van der Waals surface area contributed by atoms with Crippen molar-refractivity contribution >= 4 is 24.2 Å². The number of likely N-dealkylation sites (N-methyl/N-ethyl adjacent to an activating group) is 1. The second kappa shape index (κ2) is 9.96. The van der Waals surface area contributed by atoms with Gasteiger partial charge in [-0.1, -0.05) is 0 Å². The summed E-state index contributed by atoms with van der Waals surface area (Å²) in [5.41, 5.74) is 5.80. The Balaban J connectivity index is 0.00000361. The molecule has 20 heavy (non-hydrogen) atoms. The zero-order valence-corrected chi connectivity index (χ0v) is 13.1. The Labute approximate surface area is 126 Å². The van der Waals surface area contributed by atoms with E-state index in [1.807, 2.05) is 0 Å². The third-order valence-corrected chi connectivity index (χ3v) is 3.43. The fraction of sp³-hybridized carbons (Fsp3) is 0.846. The molecule has 0 aliphatic heterocycles. The van der Waals surface area contributed by atoms with Crippen LogP contribution in [0.15, 0.2) is 0 Å². The van der Waals surface area contributed by atoms with Crippen LogP contribution in [0.3, 0.4) is 0 Å². The van der Waals surface area contributed by atoms with Crippen molar-refractivity contribution in [2.75, 3.05) is 33.9 Å². The maximum Gasteiger partial charge on any atom is 0.239 e. The predicted octanol–water partition coefficient (Wildman–Crippen LogP) is 0.147. The van der Waals surface area contributed by atoms with E-state index in [9.17, 15) is 9.59 Å². The number of nitrogens with zero attached hydrogens (tertiary/aromatic N) is 1. The summed E-state index contributed by atoms with van der Waals surface area (Å²) >= 11 is 0. The number of rotatable bonds is 7. The number of methoxy groups -OCH3 is 1. The highest BCUT2D eigenvalue weighted by Crippen LogP contribution is 2.25. The van der Waals surface area contributed by atoms with Gasteiger partial charge in [-0.3, -0.25) is 9.59 Å². The average molecular weight is 308 g/mol. The van der Waals surface area contributed by atoms with Crippen LogP contribution in [0.2, 0.25) is 0 Å². The second-order valence-corrected chi connectivity index (χ2v) is 5.16. The van der Waals surface area contributed by atoms with Gasteiger partial charge < -0.3 is 20.7 Å². The minimum absolute atomic E-state index is 0. The first kappa shape index (κ1) is 19.1. The van der Waals surface area contributed by atoms with Gasteiger partial charge in [-0.15, -0.1) is 12.4 Å². The number of hydrogen-bond acceptors (Lipinski definition) is 4. The number of carbonyl (C=O) groups is 2. The van der Waals surface area contributed by atoms with E-state index in [-0.39, 0.29) is 42.7 Å². The lowest BCUT2D eigenvalue weighted by Crippen LogP contribution is -2.41. The first-order chi connectivity index (χ1) is 9.04. The van der Waals surface area contributed by atoms with Crippen LogP contribution in [0.1, 0.15) is 25.7 Å². The summed E-state index contributed by atoms with van der Waals surface area (Å²) < 4.78 is 4.89. The molecule has 2 unspecified atom stereocenters. The van der Waals surface area contributed by atoms with Crippen LogP contribution in [0.4, 0.5) is 0 Å². The number of amides is 2. The normalized spacial score (nSPS) is 21.1. The molecule has 2 amide bonds. The van der Waals surface area contributed by atoms with Crippen molar-refractivity contribution in [1.29, 1.82) is 0 Å². The van der Waals surface area contributed by atoms with Gasteiger partial charge in [0, 0.05) is 39.3 Å². The van der Waals surface area contributed by atoms with Crippen molar-refractivity contribution in [2.24, 2.45) is 11.7 Å². The second-order valence-electron chi connectivity index (χ2n) is 5.16. The number of ether oxygens (including phenoxy) is 1. The Bertz CT molecular complexity index is 315. The molecule has 0 heterocycles. The zero-order chi connectivity index (χ0) is 14.3. The van der Waals surface area contributed by atoms with Crippen molar-refractivity contribution in [3.05, 3.63) is 0 Å². The summed E-state index contributed by atoms with van der Waals surface area (Å²) in [5.74, 6) is -0.115. The molecule has 1 saturated carbocycles. The van der Waals surface area contributed by atoms with Gasteiger partial charge in [0.15, 0.2) is 0 Å². The van der Waals surface area contributed by atoms with Crippen LogP contribution >= 0.6 is 12.4 Å². The van der Waals surface area contributed by atoms with E-state index in [1.54, 1.807) is 14.2 Å². The third kappa shape index (κ3) is 6.54. The Morgan fingerprint density at radius 2 is 2.10 bits per heavy atom. The van der Waals surface area contributed by atoms with E-state index in [0.717, 1.165) is 25.7 Å². The molecular formula is C13H26ClN3O3. The highest BCUT2D eigenvalue weighted by atomic mass is 35.5. The first-order valence-electron chi connectivity index (χ1n) is 6.80. The lowest BCUT2D eigenvalue weighted by atomic mass is 10.1. The van der Waals surface area contributed by atoms with E-state index in [4.69, 9.17) is 10.5 Å². The minimum Gasteiger partial charge on any atom is -0.385 e. The lowest BCUT2D eigenvalue weighted by Gasteiger charge is -2.20. The van der Waals surface area contributed by atoms with Gasteiger partial charge in [0.25, 0.3) is 0 Å². The summed E-state index contributed by atoms with van der Waals surface area (Å²) in [6, 6.07) is 0.130. The summed E-state index contributed by atoms with van der Waals surface area (Å²) in [6.45, 7) is 1.30. The number of nitrogens with one attached hydrogen (secondary N) is 1. The number of carbonyl (C=O) groups excluding carboxylic acids is 2. The van der Waals surface area contributed by atoms with Crippen LogP contribution < -0.4 is 11.1 Å². The largest absolute Gasteiger partial charge is 0.385 e. The highest BCUT2D eigenvalue weighted by molar-refractivity contribution is 5.86. The molecular weight excluding hydrogens is 282 g/mol. The van der Waals surface area contributed by atoms with Gasteiger partial charge in [-0.2, -0.15) is 0 Å². The molecule has 1 aliphatic rings. The summed E-state index contributed by atoms with van der Waals surface area (Å²) in [5, 5.41) is 2.77. The molecule has 0 radical (unpaired) electrons. The molecule has 0 aromatic rings. The Kier molecular flexibility index (Phi) is 9.54. The van der Waals surface area contributed by atoms with Gasteiger partial charge >= 0.3 is 0 Å². The quantitative estimate of drug-likeness (QED) is 0.656. The number of halogens is 1. The maximum absolute atomic E-state index is 12.1. The zero-order valence-electron chi connectivity index (χ0n) is 12.3. The standard InChI is InChI=1S/C13H25N3O3.ClH/c1-16(9-12(17)15-6-3-7-19-2)13(18)10-4-5-11(14)8-10;/h10-11H,3-9,14H2,1-2H3,(H,15,17);1H. The third-order valence-electron chi connectivity index (χ3n) is 3.43. The summed E-state index contributed by atoms with van der Waals surface area (Å²) in [6.07, 6.45) is 3.24. The summed E-state index contributed by atoms with van der Waals surface area (Å²) in [4.78, 5) is 25.2. The fourth-order valence-electron chi connectivity index (χ4n) is 2.35. The molecule has 0 saturated heterocycles. The van der Waals surface area contributed by atoms with Gasteiger partial charge in [0.05, 0.1) is 6.54 Å². The minimum atomic E-state index is -0.130. The number of hydrogen-bond donors (Lipinski definition) is 2. The summed E-state index contributed by atoms with van der Waals surface area (Å²) in [7, 11) is 3.29. The molecule has 6 nitrogen and oxygen atoms in total. The molecule has 1 aliphatic carbocycles. The van der Waals surface area contributed by atoms with Gasteiger partial charge in [-0.05, 0) is 25.7 Å². The number of nitrogens with two attached hydrogens (primary N) is 1. The Morgan fingerprint density at radius 1 is 1.40 bits per heavy atom. The maximum atomic E-state index is 12.1. The molecule has 0 bridgehead atoms. The molecule has 118 valence electrons. The van der Waals surface area contributed by atoms with E-state index in [1.165, 1.54) is 4.90 Å². The topological polar surface area (TPSA) is 84.7 Å². The van der Waals surface area contributed by atoms with E-state index >= 15 is 0 Å². The van der Waals surface area contributed by atoms with Crippen molar-refractivity contribution in [3.8, 4) is 0 Å². The van der Waals surface area contributed by atoms with Gasteiger partial charge in [0.2, 0.25) is 11.8 Å². The molecule has 3 N–H and O–H groups in total. The van der Waals surface area contributed by atoms with E-state index < -0.39 is 0 Å². The van der Waals surface area contributed by atoms with Gasteiger partial charge in [0.1, 0.15) is 0 Å².